The second kappa shape index (κ2) is 15.3. The van der Waals surface area contributed by atoms with E-state index < -0.39 is 5.97 Å². The number of allylic oxidation sites excluding steroid dienone is 1. The Labute approximate surface area is 129 Å². The molecule has 0 spiro atoms. The van der Waals surface area contributed by atoms with Crippen molar-refractivity contribution >= 4 is 11.8 Å². The lowest BCUT2D eigenvalue weighted by Gasteiger charge is -2.02. The second-order valence-corrected chi connectivity index (χ2v) is 5.75. The summed E-state index contributed by atoms with van der Waals surface area (Å²) in [6, 6.07) is 0. The Balaban J connectivity index is 3.25. The number of hydrogen-bond donors (Lipinski definition) is 1. The number of hydrogen-bond acceptors (Lipinski definition) is 2. The number of unbranched alkanes of at least 4 members (excludes halogenated alkanes) is 9. The quantitative estimate of drug-likeness (QED) is 0.330. The maximum Gasteiger partial charge on any atom is 0.327 e. The van der Waals surface area contributed by atoms with Crippen molar-refractivity contribution in [3.05, 3.63) is 12.2 Å². The van der Waals surface area contributed by atoms with Crippen molar-refractivity contribution in [1.29, 1.82) is 0 Å². The van der Waals surface area contributed by atoms with E-state index in [1.54, 1.807) is 6.08 Å². The first-order valence-electron chi connectivity index (χ1n) is 8.58. The molecule has 0 aliphatic rings. The number of carboxylic acid groups (broad SMARTS) is 1. The van der Waals surface area contributed by atoms with E-state index in [9.17, 15) is 9.59 Å². The highest BCUT2D eigenvalue weighted by molar-refractivity contribution is 5.79. The number of carbonyl (C=O) groups is 2. The molecule has 0 fully saturated rings. The van der Waals surface area contributed by atoms with Gasteiger partial charge in [0, 0.05) is 18.9 Å². The van der Waals surface area contributed by atoms with Crippen LogP contribution in [0.25, 0.3) is 0 Å². The average molecular weight is 296 g/mol. The van der Waals surface area contributed by atoms with Gasteiger partial charge in [0.15, 0.2) is 0 Å². The van der Waals surface area contributed by atoms with Gasteiger partial charge in [-0.2, -0.15) is 0 Å². The van der Waals surface area contributed by atoms with Gasteiger partial charge in [0.05, 0.1) is 0 Å². The van der Waals surface area contributed by atoms with Crippen LogP contribution in [0.4, 0.5) is 0 Å². The molecule has 0 aromatic rings. The molecule has 0 saturated carbocycles. The highest BCUT2D eigenvalue weighted by Gasteiger charge is 2.01. The van der Waals surface area contributed by atoms with Crippen molar-refractivity contribution in [2.45, 2.75) is 90.4 Å². The summed E-state index contributed by atoms with van der Waals surface area (Å²) in [5.74, 6) is -0.496. The number of aliphatic carboxylic acids is 1. The zero-order valence-electron chi connectivity index (χ0n) is 13.6. The number of rotatable bonds is 15. The molecule has 0 atom stereocenters. The van der Waals surface area contributed by atoms with E-state index in [4.69, 9.17) is 5.11 Å². The Bertz CT molecular complexity index is 295. The minimum absolute atomic E-state index is 0.393. The van der Waals surface area contributed by atoms with Crippen LogP contribution in [0.15, 0.2) is 12.2 Å². The second-order valence-electron chi connectivity index (χ2n) is 5.75. The van der Waals surface area contributed by atoms with Gasteiger partial charge in [-0.05, 0) is 25.7 Å². The third-order valence-electron chi connectivity index (χ3n) is 3.65. The van der Waals surface area contributed by atoms with E-state index in [2.05, 4.69) is 6.92 Å². The molecule has 0 aliphatic heterocycles. The van der Waals surface area contributed by atoms with Crippen LogP contribution >= 0.6 is 0 Å². The van der Waals surface area contributed by atoms with E-state index in [0.717, 1.165) is 38.5 Å². The summed E-state index contributed by atoms with van der Waals surface area (Å²) in [6.45, 7) is 2.22. The van der Waals surface area contributed by atoms with Crippen molar-refractivity contribution in [3.8, 4) is 0 Å². The summed E-state index contributed by atoms with van der Waals surface area (Å²) in [4.78, 5) is 21.9. The SMILES string of the molecule is CCCCCCCCCC(=O)CCCCCC=CC(=O)O. The van der Waals surface area contributed by atoms with Gasteiger partial charge in [-0.1, -0.05) is 57.9 Å². The van der Waals surface area contributed by atoms with Crippen LogP contribution in [0.3, 0.4) is 0 Å². The van der Waals surface area contributed by atoms with Gasteiger partial charge < -0.3 is 5.11 Å². The Morgan fingerprint density at radius 1 is 0.810 bits per heavy atom. The fraction of sp³-hybridized carbons (Fsp3) is 0.778. The van der Waals surface area contributed by atoms with E-state index >= 15 is 0 Å². The van der Waals surface area contributed by atoms with E-state index in [0.29, 0.717) is 12.2 Å². The van der Waals surface area contributed by atoms with Crippen molar-refractivity contribution in [2.75, 3.05) is 0 Å². The van der Waals surface area contributed by atoms with Gasteiger partial charge in [0.25, 0.3) is 0 Å². The molecule has 0 aromatic heterocycles. The van der Waals surface area contributed by atoms with Crippen LogP contribution in [0, 0.1) is 0 Å². The molecule has 0 aliphatic carbocycles. The third kappa shape index (κ3) is 16.8. The molecule has 0 amide bonds. The first kappa shape index (κ1) is 19.9. The number of carboxylic acids is 1. The molecule has 1 N–H and O–H groups in total. The first-order valence-corrected chi connectivity index (χ1v) is 8.58. The smallest absolute Gasteiger partial charge is 0.327 e. The lowest BCUT2D eigenvalue weighted by molar-refractivity contribution is -0.131. The summed E-state index contributed by atoms with van der Waals surface area (Å²) < 4.78 is 0. The fourth-order valence-electron chi connectivity index (χ4n) is 2.35. The molecule has 0 unspecified atom stereocenters. The number of carbonyl (C=O) groups excluding carboxylic acids is 1. The minimum atomic E-state index is -0.889. The maximum atomic E-state index is 11.7. The normalized spacial score (nSPS) is 11.1. The zero-order valence-corrected chi connectivity index (χ0v) is 13.6. The van der Waals surface area contributed by atoms with Crippen LogP contribution in [0.1, 0.15) is 90.4 Å². The monoisotopic (exact) mass is 296 g/mol. The van der Waals surface area contributed by atoms with Gasteiger partial charge in [-0.3, -0.25) is 4.79 Å². The zero-order chi connectivity index (χ0) is 15.8. The average Bonchev–Trinajstić information content (AvgIpc) is 2.45. The third-order valence-corrected chi connectivity index (χ3v) is 3.65. The molecular formula is C18H32O3. The highest BCUT2D eigenvalue weighted by atomic mass is 16.4. The van der Waals surface area contributed by atoms with E-state index in [1.165, 1.54) is 44.6 Å². The number of ketones is 1. The Kier molecular flexibility index (Phi) is 14.5. The number of Topliss-reactive ketones (excluding diaryl/α,β-unsaturated/α-hetero) is 1. The molecule has 0 radical (unpaired) electrons. The van der Waals surface area contributed by atoms with Gasteiger partial charge in [0.1, 0.15) is 5.78 Å². The summed E-state index contributed by atoms with van der Waals surface area (Å²) in [5, 5.41) is 8.42. The van der Waals surface area contributed by atoms with E-state index in [1.807, 2.05) is 0 Å². The summed E-state index contributed by atoms with van der Waals surface area (Å²) >= 11 is 0. The standard InChI is InChI=1S/C18H32O3/c1-2-3-4-5-6-8-11-14-17(19)15-12-9-7-10-13-16-18(20)21/h13,16H,2-12,14-15H2,1H3,(H,20,21). The highest BCUT2D eigenvalue weighted by Crippen LogP contribution is 2.11. The van der Waals surface area contributed by atoms with Crippen molar-refractivity contribution in [3.63, 3.8) is 0 Å². The maximum absolute atomic E-state index is 11.7. The van der Waals surface area contributed by atoms with Gasteiger partial charge in [-0.25, -0.2) is 4.79 Å². The molecule has 3 heteroatoms. The molecule has 0 aromatic carbocycles. The predicted molar refractivity (Wildman–Crippen MR) is 87.5 cm³/mol. The molecule has 122 valence electrons. The molecule has 0 bridgehead atoms. The van der Waals surface area contributed by atoms with Crippen LogP contribution in [-0.4, -0.2) is 16.9 Å². The molecule has 21 heavy (non-hydrogen) atoms. The predicted octanol–water partition coefficient (Wildman–Crippen LogP) is 5.29. The summed E-state index contributed by atoms with van der Waals surface area (Å²) in [6.07, 6.45) is 16.8. The lowest BCUT2D eigenvalue weighted by atomic mass is 10.0. The molecule has 0 heterocycles. The van der Waals surface area contributed by atoms with Gasteiger partial charge in [0.2, 0.25) is 0 Å². The molecule has 0 rings (SSSR count). The first-order chi connectivity index (χ1) is 10.2. The van der Waals surface area contributed by atoms with Crippen molar-refractivity contribution < 1.29 is 14.7 Å². The lowest BCUT2D eigenvalue weighted by Crippen LogP contribution is -1.97. The van der Waals surface area contributed by atoms with E-state index in [-0.39, 0.29) is 0 Å². The van der Waals surface area contributed by atoms with Crippen molar-refractivity contribution in [2.24, 2.45) is 0 Å². The van der Waals surface area contributed by atoms with Crippen LogP contribution in [-0.2, 0) is 9.59 Å². The van der Waals surface area contributed by atoms with Crippen molar-refractivity contribution in [1.82, 2.24) is 0 Å². The van der Waals surface area contributed by atoms with Gasteiger partial charge in [-0.15, -0.1) is 0 Å². The molecule has 0 saturated heterocycles. The topological polar surface area (TPSA) is 54.4 Å². The molecular weight excluding hydrogens is 264 g/mol. The fourth-order valence-corrected chi connectivity index (χ4v) is 2.35. The van der Waals surface area contributed by atoms with Gasteiger partial charge >= 0.3 is 5.97 Å². The minimum Gasteiger partial charge on any atom is -0.478 e. The van der Waals surface area contributed by atoms with Crippen LogP contribution in [0.2, 0.25) is 0 Å². The molecule has 3 nitrogen and oxygen atoms in total. The van der Waals surface area contributed by atoms with Crippen LogP contribution in [0.5, 0.6) is 0 Å². The van der Waals surface area contributed by atoms with Crippen LogP contribution < -0.4 is 0 Å². The summed E-state index contributed by atoms with van der Waals surface area (Å²) in [5.41, 5.74) is 0. The Hall–Kier alpha value is -1.12. The Morgan fingerprint density at radius 2 is 1.33 bits per heavy atom. The Morgan fingerprint density at radius 3 is 1.90 bits per heavy atom. The summed E-state index contributed by atoms with van der Waals surface area (Å²) in [7, 11) is 0. The largest absolute Gasteiger partial charge is 0.478 e.